The summed E-state index contributed by atoms with van der Waals surface area (Å²) in [6.07, 6.45) is 0.997. The maximum absolute atomic E-state index is 11.0. The van der Waals surface area contributed by atoms with E-state index in [2.05, 4.69) is 13.8 Å². The highest BCUT2D eigenvalue weighted by molar-refractivity contribution is 5.67. The van der Waals surface area contributed by atoms with E-state index in [9.17, 15) is 10.1 Å². The van der Waals surface area contributed by atoms with Crippen molar-refractivity contribution in [1.29, 1.82) is 5.26 Å². The summed E-state index contributed by atoms with van der Waals surface area (Å²) in [7, 11) is 0. The van der Waals surface area contributed by atoms with Crippen LogP contribution in [0.2, 0.25) is 0 Å². The molecule has 18 heavy (non-hydrogen) atoms. The zero-order valence-electron chi connectivity index (χ0n) is 11.4. The van der Waals surface area contributed by atoms with Gasteiger partial charge in [-0.15, -0.1) is 0 Å². The molecule has 3 heteroatoms. The Morgan fingerprint density at radius 3 is 2.33 bits per heavy atom. The zero-order chi connectivity index (χ0) is 13.8. The first-order valence-corrected chi connectivity index (χ1v) is 6.07. The number of esters is 1. The first-order valence-electron chi connectivity index (χ1n) is 6.07. The van der Waals surface area contributed by atoms with E-state index in [0.717, 1.165) is 6.42 Å². The largest absolute Gasteiger partial charge is 0.440 e. The molecule has 0 radical (unpaired) electrons. The first kappa shape index (κ1) is 14.2. The van der Waals surface area contributed by atoms with Crippen molar-refractivity contribution >= 4 is 5.97 Å². The Hall–Kier alpha value is -1.82. The normalized spacial score (nSPS) is 13.8. The van der Waals surface area contributed by atoms with Gasteiger partial charge in [0.1, 0.15) is 6.07 Å². The molecule has 0 bridgehead atoms. The highest BCUT2D eigenvalue weighted by Crippen LogP contribution is 2.25. The zero-order valence-corrected chi connectivity index (χ0v) is 11.4. The molecule has 0 heterocycles. The van der Waals surface area contributed by atoms with E-state index >= 15 is 0 Å². The molecule has 0 saturated carbocycles. The summed E-state index contributed by atoms with van der Waals surface area (Å²) in [5, 5.41) is 9.18. The monoisotopic (exact) mass is 245 g/mol. The molecule has 0 aliphatic heterocycles. The summed E-state index contributed by atoms with van der Waals surface area (Å²) in [4.78, 5) is 11.0. The molecule has 0 amide bonds. The van der Waals surface area contributed by atoms with Gasteiger partial charge in [-0.2, -0.15) is 5.26 Å². The van der Waals surface area contributed by atoms with Gasteiger partial charge in [0, 0.05) is 12.5 Å². The number of hydrogen-bond acceptors (Lipinski definition) is 3. The Labute approximate surface area is 108 Å². The molecule has 1 unspecified atom stereocenters. The van der Waals surface area contributed by atoms with Gasteiger partial charge in [-0.1, -0.05) is 38.1 Å². The van der Waals surface area contributed by atoms with Gasteiger partial charge < -0.3 is 4.74 Å². The molecule has 0 saturated heterocycles. The Morgan fingerprint density at radius 1 is 1.39 bits per heavy atom. The first-order chi connectivity index (χ1) is 8.37. The van der Waals surface area contributed by atoms with Crippen LogP contribution in [0.3, 0.4) is 0 Å². The lowest BCUT2D eigenvalue weighted by Crippen LogP contribution is -2.26. The summed E-state index contributed by atoms with van der Waals surface area (Å²) in [5.74, 6) is 0.136. The Balaban J connectivity index is 2.95. The fourth-order valence-corrected chi connectivity index (χ4v) is 1.86. The number of carbonyl (C=O) groups is 1. The third-order valence-corrected chi connectivity index (χ3v) is 2.71. The summed E-state index contributed by atoms with van der Waals surface area (Å²) in [5.41, 5.74) is 0.715. The summed E-state index contributed by atoms with van der Waals surface area (Å²) >= 11 is 0. The van der Waals surface area contributed by atoms with Gasteiger partial charge in [0.05, 0.1) is 0 Å². The second-order valence-electron chi connectivity index (χ2n) is 5.03. The number of hydrogen-bond donors (Lipinski definition) is 0. The lowest BCUT2D eigenvalue weighted by atomic mass is 9.94. The van der Waals surface area contributed by atoms with Crippen LogP contribution in [0.1, 0.15) is 38.8 Å². The maximum atomic E-state index is 11.0. The number of benzene rings is 1. The van der Waals surface area contributed by atoms with Crippen molar-refractivity contribution in [3.63, 3.8) is 0 Å². The van der Waals surface area contributed by atoms with Gasteiger partial charge in [-0.3, -0.25) is 4.79 Å². The molecule has 1 atom stereocenters. The van der Waals surface area contributed by atoms with Crippen molar-refractivity contribution < 1.29 is 9.53 Å². The molecule has 1 rings (SSSR count). The van der Waals surface area contributed by atoms with Crippen LogP contribution in [0.4, 0.5) is 0 Å². The van der Waals surface area contributed by atoms with E-state index in [4.69, 9.17) is 4.74 Å². The molecule has 0 fully saturated rings. The van der Waals surface area contributed by atoms with Gasteiger partial charge in [0.2, 0.25) is 5.60 Å². The molecule has 0 aromatic heterocycles. The highest BCUT2D eigenvalue weighted by atomic mass is 16.6. The Kier molecular flexibility index (Phi) is 4.49. The van der Waals surface area contributed by atoms with E-state index in [1.54, 1.807) is 6.92 Å². The third kappa shape index (κ3) is 3.59. The SMILES string of the molecule is CC(=O)OC(C)(C#N)c1ccc(CC(C)C)cc1. The van der Waals surface area contributed by atoms with Crippen molar-refractivity contribution in [2.75, 3.05) is 0 Å². The summed E-state index contributed by atoms with van der Waals surface area (Å²) < 4.78 is 5.09. The second kappa shape index (κ2) is 5.68. The number of rotatable bonds is 4. The third-order valence-electron chi connectivity index (χ3n) is 2.71. The highest BCUT2D eigenvalue weighted by Gasteiger charge is 2.29. The summed E-state index contributed by atoms with van der Waals surface area (Å²) in [6, 6.07) is 9.71. The van der Waals surface area contributed by atoms with Crippen molar-refractivity contribution in [2.24, 2.45) is 5.92 Å². The fraction of sp³-hybridized carbons (Fsp3) is 0.467. The molecule has 0 spiro atoms. The van der Waals surface area contributed by atoms with Crippen LogP contribution in [-0.2, 0) is 21.6 Å². The quantitative estimate of drug-likeness (QED) is 0.765. The minimum atomic E-state index is -1.21. The standard InChI is InChI=1S/C15H19NO2/c1-11(2)9-13-5-7-14(8-6-13)15(4,10-16)18-12(3)17/h5-8,11H,9H2,1-4H3. The average molecular weight is 245 g/mol. The van der Waals surface area contributed by atoms with E-state index < -0.39 is 11.6 Å². The van der Waals surface area contributed by atoms with Crippen molar-refractivity contribution in [3.8, 4) is 6.07 Å². The van der Waals surface area contributed by atoms with Crippen LogP contribution in [-0.4, -0.2) is 5.97 Å². The minimum absolute atomic E-state index is 0.453. The molecule has 3 nitrogen and oxygen atoms in total. The predicted molar refractivity (Wildman–Crippen MR) is 69.7 cm³/mol. The molecule has 96 valence electrons. The number of nitrogens with zero attached hydrogens (tertiary/aromatic N) is 1. The molecule has 1 aromatic carbocycles. The minimum Gasteiger partial charge on any atom is -0.440 e. The van der Waals surface area contributed by atoms with Crippen LogP contribution in [0.5, 0.6) is 0 Å². The lowest BCUT2D eigenvalue weighted by molar-refractivity contribution is -0.151. The molecule has 0 N–H and O–H groups in total. The maximum Gasteiger partial charge on any atom is 0.304 e. The Morgan fingerprint density at radius 2 is 1.94 bits per heavy atom. The number of ether oxygens (including phenoxy) is 1. The van der Waals surface area contributed by atoms with Crippen LogP contribution in [0.25, 0.3) is 0 Å². The molecule has 0 aliphatic rings. The van der Waals surface area contributed by atoms with E-state index in [1.165, 1.54) is 12.5 Å². The molecule has 0 aliphatic carbocycles. The fourth-order valence-electron chi connectivity index (χ4n) is 1.86. The van der Waals surface area contributed by atoms with Gasteiger partial charge >= 0.3 is 5.97 Å². The van der Waals surface area contributed by atoms with Gasteiger partial charge in [-0.05, 0) is 24.8 Å². The topological polar surface area (TPSA) is 50.1 Å². The number of nitriles is 1. The lowest BCUT2D eigenvalue weighted by Gasteiger charge is -2.22. The second-order valence-corrected chi connectivity index (χ2v) is 5.03. The number of carbonyl (C=O) groups excluding carboxylic acids is 1. The van der Waals surface area contributed by atoms with Crippen LogP contribution in [0.15, 0.2) is 24.3 Å². The molecular formula is C15H19NO2. The Bertz CT molecular complexity index is 456. The van der Waals surface area contributed by atoms with Gasteiger partial charge in [-0.25, -0.2) is 0 Å². The van der Waals surface area contributed by atoms with Crippen LogP contribution >= 0.6 is 0 Å². The smallest absolute Gasteiger partial charge is 0.304 e. The van der Waals surface area contributed by atoms with Crippen molar-refractivity contribution in [1.82, 2.24) is 0 Å². The predicted octanol–water partition coefficient (Wildman–Crippen LogP) is 3.19. The van der Waals surface area contributed by atoms with Gasteiger partial charge in [0.25, 0.3) is 0 Å². The van der Waals surface area contributed by atoms with Crippen LogP contribution in [0, 0.1) is 17.2 Å². The van der Waals surface area contributed by atoms with Crippen molar-refractivity contribution in [3.05, 3.63) is 35.4 Å². The van der Waals surface area contributed by atoms with E-state index in [-0.39, 0.29) is 0 Å². The van der Waals surface area contributed by atoms with E-state index in [1.807, 2.05) is 30.3 Å². The molecular weight excluding hydrogens is 226 g/mol. The molecule has 1 aromatic rings. The van der Waals surface area contributed by atoms with Crippen molar-refractivity contribution in [2.45, 2.75) is 39.7 Å². The van der Waals surface area contributed by atoms with Gasteiger partial charge in [0.15, 0.2) is 0 Å². The van der Waals surface area contributed by atoms with E-state index in [0.29, 0.717) is 11.5 Å². The average Bonchev–Trinajstić information content (AvgIpc) is 2.28. The van der Waals surface area contributed by atoms with Crippen LogP contribution < -0.4 is 0 Å². The summed E-state index contributed by atoms with van der Waals surface area (Å²) in [6.45, 7) is 7.23.